The van der Waals surface area contributed by atoms with Crippen molar-refractivity contribution in [2.45, 2.75) is 63.8 Å². The number of amides is 1. The molecule has 38 heavy (non-hydrogen) atoms. The first-order chi connectivity index (χ1) is 18.1. The number of benzene rings is 2. The minimum atomic E-state index is -3.80. The fraction of sp³-hybridized carbons (Fsp3) is 0.448. The maximum absolute atomic E-state index is 13.3. The molecule has 4 rings (SSSR count). The number of aromatic nitrogens is 1. The van der Waals surface area contributed by atoms with E-state index >= 15 is 0 Å². The van der Waals surface area contributed by atoms with E-state index in [9.17, 15) is 13.2 Å². The van der Waals surface area contributed by atoms with Gasteiger partial charge in [0, 0.05) is 17.6 Å². The van der Waals surface area contributed by atoms with Crippen molar-refractivity contribution in [3.63, 3.8) is 0 Å². The van der Waals surface area contributed by atoms with Gasteiger partial charge in [-0.05, 0) is 81.9 Å². The predicted molar refractivity (Wildman–Crippen MR) is 148 cm³/mol. The van der Waals surface area contributed by atoms with Crippen LogP contribution in [0.4, 0.5) is 5.69 Å². The molecule has 2 N–H and O–H groups in total. The van der Waals surface area contributed by atoms with E-state index in [-0.39, 0.29) is 28.5 Å². The first-order valence-electron chi connectivity index (χ1n) is 13.3. The number of sulfonamides is 1. The van der Waals surface area contributed by atoms with Crippen LogP contribution in [0.1, 0.15) is 67.7 Å². The number of anilines is 1. The van der Waals surface area contributed by atoms with Crippen LogP contribution in [0.2, 0.25) is 0 Å². The smallest absolute Gasteiger partial charge is 0.246 e. The molecule has 204 valence electrons. The molecule has 1 aromatic heterocycles. The van der Waals surface area contributed by atoms with Crippen LogP contribution < -0.4 is 10.0 Å². The number of piperidine rings is 1. The summed E-state index contributed by atoms with van der Waals surface area (Å²) in [6.45, 7) is 9.68. The Bertz CT molecular complexity index is 1310. The maximum atomic E-state index is 13.3. The van der Waals surface area contributed by atoms with E-state index in [1.807, 2.05) is 56.3 Å². The Labute approximate surface area is 225 Å². The SMILES string of the molecule is Cc1noc(C)c1S(=O)(=O)N[C@@H](CCN1CCC(c2cccc(NC(=O)C(C)C)c2)CC1)c1ccccc1. The number of nitrogens with zero attached hydrogens (tertiary/aromatic N) is 2. The van der Waals surface area contributed by atoms with Crippen molar-refractivity contribution < 1.29 is 17.7 Å². The zero-order chi connectivity index (χ0) is 27.3. The minimum Gasteiger partial charge on any atom is -0.360 e. The van der Waals surface area contributed by atoms with Crippen LogP contribution in [0.15, 0.2) is 64.0 Å². The molecule has 1 atom stereocenters. The third kappa shape index (κ3) is 6.89. The van der Waals surface area contributed by atoms with E-state index < -0.39 is 10.0 Å². The van der Waals surface area contributed by atoms with Crippen molar-refractivity contribution in [2.24, 2.45) is 5.92 Å². The van der Waals surface area contributed by atoms with Crippen LogP contribution in [0.3, 0.4) is 0 Å². The average Bonchev–Trinajstić information content (AvgIpc) is 3.26. The summed E-state index contributed by atoms with van der Waals surface area (Å²) in [5.74, 6) is 0.687. The van der Waals surface area contributed by atoms with Crippen LogP contribution in [0.5, 0.6) is 0 Å². The van der Waals surface area contributed by atoms with Gasteiger partial charge in [-0.2, -0.15) is 0 Å². The summed E-state index contributed by atoms with van der Waals surface area (Å²) in [6, 6.07) is 17.5. The zero-order valence-electron chi connectivity index (χ0n) is 22.6. The van der Waals surface area contributed by atoms with Crippen molar-refractivity contribution in [1.82, 2.24) is 14.8 Å². The average molecular weight is 539 g/mol. The van der Waals surface area contributed by atoms with Crippen molar-refractivity contribution in [3.8, 4) is 0 Å². The van der Waals surface area contributed by atoms with Gasteiger partial charge < -0.3 is 14.7 Å². The van der Waals surface area contributed by atoms with Crippen LogP contribution in [-0.2, 0) is 14.8 Å². The largest absolute Gasteiger partial charge is 0.360 e. The molecule has 0 saturated carbocycles. The topological polar surface area (TPSA) is 105 Å². The summed E-state index contributed by atoms with van der Waals surface area (Å²) in [4.78, 5) is 14.6. The number of rotatable bonds is 10. The molecular formula is C29H38N4O4S. The number of likely N-dealkylation sites (tertiary alicyclic amines) is 1. The lowest BCUT2D eigenvalue weighted by Crippen LogP contribution is -2.37. The molecular weight excluding hydrogens is 500 g/mol. The summed E-state index contributed by atoms with van der Waals surface area (Å²) in [5, 5.41) is 6.82. The second-order valence-electron chi connectivity index (χ2n) is 10.4. The molecule has 0 bridgehead atoms. The normalized spacial score (nSPS) is 16.0. The molecule has 1 saturated heterocycles. The molecule has 8 nitrogen and oxygen atoms in total. The fourth-order valence-electron chi connectivity index (χ4n) is 5.04. The monoisotopic (exact) mass is 538 g/mol. The molecule has 9 heteroatoms. The summed E-state index contributed by atoms with van der Waals surface area (Å²) < 4.78 is 34.5. The van der Waals surface area contributed by atoms with Crippen molar-refractivity contribution in [2.75, 3.05) is 25.0 Å². The van der Waals surface area contributed by atoms with Crippen LogP contribution in [0, 0.1) is 19.8 Å². The van der Waals surface area contributed by atoms with E-state index in [0.717, 1.165) is 43.7 Å². The van der Waals surface area contributed by atoms with E-state index in [1.165, 1.54) is 5.56 Å². The highest BCUT2D eigenvalue weighted by Crippen LogP contribution is 2.31. The highest BCUT2D eigenvalue weighted by atomic mass is 32.2. The van der Waals surface area contributed by atoms with Gasteiger partial charge in [0.15, 0.2) is 5.76 Å². The van der Waals surface area contributed by atoms with E-state index in [2.05, 4.69) is 32.2 Å². The van der Waals surface area contributed by atoms with Crippen LogP contribution >= 0.6 is 0 Å². The molecule has 1 aliphatic rings. The predicted octanol–water partition coefficient (Wildman–Crippen LogP) is 5.18. The maximum Gasteiger partial charge on any atom is 0.246 e. The molecule has 1 amide bonds. The Balaban J connectivity index is 1.38. The molecule has 1 fully saturated rings. The molecule has 0 spiro atoms. The van der Waals surface area contributed by atoms with Gasteiger partial charge in [0.25, 0.3) is 0 Å². The number of carbonyl (C=O) groups is 1. The third-order valence-electron chi connectivity index (χ3n) is 7.21. The molecule has 2 heterocycles. The minimum absolute atomic E-state index is 0.0231. The second kappa shape index (κ2) is 12.2. The molecule has 3 aromatic rings. The summed E-state index contributed by atoms with van der Waals surface area (Å²) in [5.41, 5.74) is 3.38. The lowest BCUT2D eigenvalue weighted by atomic mass is 9.89. The molecule has 1 aliphatic heterocycles. The number of aryl methyl sites for hydroxylation is 2. The summed E-state index contributed by atoms with van der Waals surface area (Å²) in [6.07, 6.45) is 2.68. The van der Waals surface area contributed by atoms with Crippen molar-refractivity contribution in [1.29, 1.82) is 0 Å². The van der Waals surface area contributed by atoms with Crippen molar-refractivity contribution >= 4 is 21.6 Å². The van der Waals surface area contributed by atoms with Gasteiger partial charge in [0.2, 0.25) is 15.9 Å². The lowest BCUT2D eigenvalue weighted by molar-refractivity contribution is -0.118. The van der Waals surface area contributed by atoms with Gasteiger partial charge in [-0.3, -0.25) is 4.79 Å². The Kier molecular flexibility index (Phi) is 9.02. The first kappa shape index (κ1) is 28.0. The molecule has 0 radical (unpaired) electrons. The summed E-state index contributed by atoms with van der Waals surface area (Å²) >= 11 is 0. The van der Waals surface area contributed by atoms with Gasteiger partial charge in [0.1, 0.15) is 10.6 Å². The molecule has 0 aliphatic carbocycles. The van der Waals surface area contributed by atoms with E-state index in [0.29, 0.717) is 18.0 Å². The van der Waals surface area contributed by atoms with Gasteiger partial charge in [-0.25, -0.2) is 13.1 Å². The van der Waals surface area contributed by atoms with Crippen LogP contribution in [0.25, 0.3) is 0 Å². The Morgan fingerprint density at radius 2 is 1.79 bits per heavy atom. The van der Waals surface area contributed by atoms with Gasteiger partial charge in [-0.1, -0.05) is 61.5 Å². The van der Waals surface area contributed by atoms with Crippen molar-refractivity contribution in [3.05, 3.63) is 77.2 Å². The number of nitrogens with one attached hydrogen (secondary N) is 2. The van der Waals surface area contributed by atoms with Gasteiger partial charge in [-0.15, -0.1) is 0 Å². The summed E-state index contributed by atoms with van der Waals surface area (Å²) in [7, 11) is -3.80. The molecule has 2 aromatic carbocycles. The Morgan fingerprint density at radius 3 is 2.42 bits per heavy atom. The highest BCUT2D eigenvalue weighted by Gasteiger charge is 2.29. The van der Waals surface area contributed by atoms with Crippen LogP contribution in [-0.4, -0.2) is 44.0 Å². The van der Waals surface area contributed by atoms with E-state index in [1.54, 1.807) is 13.8 Å². The number of carbonyl (C=O) groups excluding carboxylic acids is 1. The standard InChI is InChI=1S/C29H38N4O4S/c1-20(2)29(34)30-26-12-8-11-25(19-26)23-13-16-33(17-14-23)18-15-27(24-9-6-5-7-10-24)32-38(35,36)28-21(3)31-37-22(28)4/h5-12,19-20,23,27,32H,13-18H2,1-4H3,(H,30,34)/t27-/m0/s1. The zero-order valence-corrected chi connectivity index (χ0v) is 23.4. The lowest BCUT2D eigenvalue weighted by Gasteiger charge is -2.33. The Morgan fingerprint density at radius 1 is 1.08 bits per heavy atom. The first-order valence-corrected chi connectivity index (χ1v) is 14.8. The van der Waals surface area contributed by atoms with Gasteiger partial charge in [0.05, 0.1) is 0 Å². The number of hydrogen-bond acceptors (Lipinski definition) is 6. The highest BCUT2D eigenvalue weighted by molar-refractivity contribution is 7.89. The quantitative estimate of drug-likeness (QED) is 0.369. The number of hydrogen-bond donors (Lipinski definition) is 2. The fourth-order valence-corrected chi connectivity index (χ4v) is 6.63. The van der Waals surface area contributed by atoms with E-state index in [4.69, 9.17) is 4.52 Å². The van der Waals surface area contributed by atoms with Gasteiger partial charge >= 0.3 is 0 Å². The Hall–Kier alpha value is -3.01. The second-order valence-corrected chi connectivity index (χ2v) is 12.1. The third-order valence-corrected chi connectivity index (χ3v) is 8.92. The molecule has 0 unspecified atom stereocenters.